The van der Waals surface area contributed by atoms with E-state index in [1.165, 1.54) is 0 Å². The molecule has 2 aromatic carbocycles. The quantitative estimate of drug-likeness (QED) is 0.449. The second-order valence-electron chi connectivity index (χ2n) is 7.35. The standard InChI is InChI=1S/C20H21Cl2N5O2/c1-20(2,3)29-17(28)13-6-4-5-12(7-13)11-23-18-25-19(27-26-18)24-16-9-14(21)8-15(22)10-16/h4-10H,11H2,1-3H3,(H3,23,24,25,26,27). The van der Waals surface area contributed by atoms with E-state index in [1.54, 1.807) is 30.3 Å². The Labute approximate surface area is 178 Å². The zero-order valence-corrected chi connectivity index (χ0v) is 17.7. The molecule has 3 aromatic rings. The normalized spacial score (nSPS) is 11.2. The van der Waals surface area contributed by atoms with Gasteiger partial charge in [0.15, 0.2) is 0 Å². The van der Waals surface area contributed by atoms with Crippen LogP contribution in [0.4, 0.5) is 17.6 Å². The lowest BCUT2D eigenvalue weighted by Crippen LogP contribution is -2.24. The van der Waals surface area contributed by atoms with E-state index < -0.39 is 5.60 Å². The average molecular weight is 434 g/mol. The third kappa shape index (κ3) is 6.37. The van der Waals surface area contributed by atoms with Crippen molar-refractivity contribution in [3.05, 3.63) is 63.6 Å². The van der Waals surface area contributed by atoms with Gasteiger partial charge in [0.25, 0.3) is 0 Å². The summed E-state index contributed by atoms with van der Waals surface area (Å²) in [7, 11) is 0. The van der Waals surface area contributed by atoms with Crippen molar-refractivity contribution in [3.8, 4) is 0 Å². The molecule has 0 saturated carbocycles. The zero-order valence-electron chi connectivity index (χ0n) is 16.2. The van der Waals surface area contributed by atoms with Gasteiger partial charge in [0.1, 0.15) is 5.60 Å². The molecule has 29 heavy (non-hydrogen) atoms. The van der Waals surface area contributed by atoms with Crippen LogP contribution >= 0.6 is 23.2 Å². The fourth-order valence-corrected chi connectivity index (χ4v) is 3.01. The van der Waals surface area contributed by atoms with Crippen LogP contribution in [0.2, 0.25) is 10.0 Å². The maximum absolute atomic E-state index is 12.2. The molecule has 3 rings (SSSR count). The van der Waals surface area contributed by atoms with E-state index in [4.69, 9.17) is 27.9 Å². The van der Waals surface area contributed by atoms with Gasteiger partial charge in [-0.2, -0.15) is 4.98 Å². The topological polar surface area (TPSA) is 91.9 Å². The van der Waals surface area contributed by atoms with Crippen molar-refractivity contribution in [1.29, 1.82) is 0 Å². The van der Waals surface area contributed by atoms with Crippen molar-refractivity contribution in [3.63, 3.8) is 0 Å². The van der Waals surface area contributed by atoms with Gasteiger partial charge in [-0.3, -0.25) is 0 Å². The maximum atomic E-state index is 12.2. The third-order valence-electron chi connectivity index (χ3n) is 3.63. The molecule has 1 aromatic heterocycles. The van der Waals surface area contributed by atoms with Crippen molar-refractivity contribution in [2.75, 3.05) is 10.6 Å². The molecule has 0 aliphatic carbocycles. The molecule has 0 bridgehead atoms. The zero-order chi connectivity index (χ0) is 21.0. The Hall–Kier alpha value is -2.77. The first-order valence-electron chi connectivity index (χ1n) is 8.90. The molecule has 0 radical (unpaired) electrons. The summed E-state index contributed by atoms with van der Waals surface area (Å²) in [6, 6.07) is 12.3. The second kappa shape index (κ2) is 8.71. The van der Waals surface area contributed by atoms with Gasteiger partial charge in [-0.1, -0.05) is 35.3 Å². The molecular formula is C20H21Cl2N5O2. The molecule has 1 heterocycles. The van der Waals surface area contributed by atoms with Crippen LogP contribution in [0.25, 0.3) is 0 Å². The number of benzene rings is 2. The highest BCUT2D eigenvalue weighted by Gasteiger charge is 2.18. The number of hydrogen-bond donors (Lipinski definition) is 3. The highest BCUT2D eigenvalue weighted by Crippen LogP contribution is 2.24. The van der Waals surface area contributed by atoms with E-state index in [9.17, 15) is 4.79 Å². The molecule has 0 spiro atoms. The molecule has 0 aliphatic rings. The molecule has 0 saturated heterocycles. The Kier molecular flexibility index (Phi) is 6.30. The first kappa shape index (κ1) is 21.0. The van der Waals surface area contributed by atoms with Crippen LogP contribution in [0.1, 0.15) is 36.7 Å². The molecule has 0 fully saturated rings. The van der Waals surface area contributed by atoms with Crippen molar-refractivity contribution in [1.82, 2.24) is 15.2 Å². The molecule has 7 nitrogen and oxygen atoms in total. The minimum atomic E-state index is -0.540. The van der Waals surface area contributed by atoms with Crippen LogP contribution in [0.5, 0.6) is 0 Å². The number of aromatic nitrogens is 3. The number of anilines is 3. The fourth-order valence-electron chi connectivity index (χ4n) is 2.48. The van der Waals surface area contributed by atoms with Crippen LogP contribution in [-0.4, -0.2) is 26.8 Å². The largest absolute Gasteiger partial charge is 0.456 e. The molecule has 0 aliphatic heterocycles. The van der Waals surface area contributed by atoms with E-state index in [0.29, 0.717) is 39.7 Å². The summed E-state index contributed by atoms with van der Waals surface area (Å²) in [4.78, 5) is 16.5. The summed E-state index contributed by atoms with van der Waals surface area (Å²) in [6.07, 6.45) is 0. The van der Waals surface area contributed by atoms with E-state index in [-0.39, 0.29) is 5.97 Å². The van der Waals surface area contributed by atoms with Crippen LogP contribution in [0.3, 0.4) is 0 Å². The van der Waals surface area contributed by atoms with Crippen LogP contribution in [0, 0.1) is 0 Å². The number of ether oxygens (including phenoxy) is 1. The van der Waals surface area contributed by atoms with Crippen molar-refractivity contribution in [2.45, 2.75) is 32.9 Å². The van der Waals surface area contributed by atoms with Crippen molar-refractivity contribution < 1.29 is 9.53 Å². The number of halogens is 2. The summed E-state index contributed by atoms with van der Waals surface area (Å²) < 4.78 is 5.40. The Morgan fingerprint density at radius 3 is 2.55 bits per heavy atom. The van der Waals surface area contributed by atoms with E-state index in [0.717, 1.165) is 5.56 Å². The van der Waals surface area contributed by atoms with Crippen LogP contribution in [-0.2, 0) is 11.3 Å². The Bertz CT molecular complexity index is 994. The molecule has 3 N–H and O–H groups in total. The Morgan fingerprint density at radius 1 is 1.14 bits per heavy atom. The Balaban J connectivity index is 1.61. The molecule has 0 atom stereocenters. The molecule has 0 amide bonds. The van der Waals surface area contributed by atoms with Gasteiger partial charge in [0, 0.05) is 22.3 Å². The van der Waals surface area contributed by atoms with Gasteiger partial charge in [-0.25, -0.2) is 9.89 Å². The van der Waals surface area contributed by atoms with Gasteiger partial charge in [0.05, 0.1) is 5.56 Å². The monoisotopic (exact) mass is 433 g/mol. The smallest absolute Gasteiger partial charge is 0.338 e. The minimum absolute atomic E-state index is 0.356. The van der Waals surface area contributed by atoms with Gasteiger partial charge < -0.3 is 15.4 Å². The number of hydrogen-bond acceptors (Lipinski definition) is 6. The summed E-state index contributed by atoms with van der Waals surface area (Å²) in [5, 5.41) is 14.1. The lowest BCUT2D eigenvalue weighted by atomic mass is 10.1. The number of nitrogens with one attached hydrogen (secondary N) is 3. The van der Waals surface area contributed by atoms with Gasteiger partial charge in [-0.05, 0) is 56.7 Å². The number of nitrogens with zero attached hydrogens (tertiary/aromatic N) is 2. The number of H-pyrrole nitrogens is 1. The maximum Gasteiger partial charge on any atom is 0.338 e. The predicted octanol–water partition coefficient (Wildman–Crippen LogP) is 5.42. The van der Waals surface area contributed by atoms with E-state index >= 15 is 0 Å². The van der Waals surface area contributed by atoms with Crippen molar-refractivity contribution >= 4 is 46.8 Å². The SMILES string of the molecule is CC(C)(C)OC(=O)c1cccc(CNc2nc(Nc3cc(Cl)cc(Cl)c3)n[nH]2)c1. The summed E-state index contributed by atoms with van der Waals surface area (Å²) >= 11 is 12.0. The van der Waals surface area contributed by atoms with Gasteiger partial charge >= 0.3 is 5.97 Å². The number of carbonyl (C=O) groups excluding carboxylic acids is 1. The summed E-state index contributed by atoms with van der Waals surface area (Å²) in [6.45, 7) is 5.96. The average Bonchev–Trinajstić information content (AvgIpc) is 3.05. The lowest BCUT2D eigenvalue weighted by molar-refractivity contribution is 0.00694. The van der Waals surface area contributed by atoms with Crippen molar-refractivity contribution in [2.24, 2.45) is 0 Å². The van der Waals surface area contributed by atoms with Gasteiger partial charge in [-0.15, -0.1) is 5.10 Å². The third-order valence-corrected chi connectivity index (χ3v) is 4.06. The van der Waals surface area contributed by atoms with Crippen LogP contribution < -0.4 is 10.6 Å². The first-order chi connectivity index (χ1) is 13.7. The minimum Gasteiger partial charge on any atom is -0.456 e. The fraction of sp³-hybridized carbons (Fsp3) is 0.250. The van der Waals surface area contributed by atoms with E-state index in [1.807, 2.05) is 32.9 Å². The molecular weight excluding hydrogens is 413 g/mol. The molecule has 9 heteroatoms. The number of rotatable bonds is 6. The summed E-state index contributed by atoms with van der Waals surface area (Å²) in [5.74, 6) is 0.488. The first-order valence-corrected chi connectivity index (χ1v) is 9.65. The number of carbonyl (C=O) groups is 1. The highest BCUT2D eigenvalue weighted by atomic mass is 35.5. The van der Waals surface area contributed by atoms with Gasteiger partial charge in [0.2, 0.25) is 11.9 Å². The second-order valence-corrected chi connectivity index (χ2v) is 8.22. The summed E-state index contributed by atoms with van der Waals surface area (Å²) in [5.41, 5.74) is 1.54. The molecule has 0 unspecified atom stereocenters. The van der Waals surface area contributed by atoms with Crippen LogP contribution in [0.15, 0.2) is 42.5 Å². The predicted molar refractivity (Wildman–Crippen MR) is 115 cm³/mol. The lowest BCUT2D eigenvalue weighted by Gasteiger charge is -2.19. The number of esters is 1. The number of aromatic amines is 1. The van der Waals surface area contributed by atoms with E-state index in [2.05, 4.69) is 25.8 Å². The highest BCUT2D eigenvalue weighted by molar-refractivity contribution is 6.35. The Morgan fingerprint density at radius 2 is 1.86 bits per heavy atom. The molecule has 152 valence electrons.